The number of anilines is 2. The summed E-state index contributed by atoms with van der Waals surface area (Å²) in [5.41, 5.74) is 3.80. The third kappa shape index (κ3) is 4.30. The molecule has 3 aromatic carbocycles. The molecule has 0 spiro atoms. The van der Waals surface area contributed by atoms with Gasteiger partial charge in [-0.2, -0.15) is 5.26 Å². The van der Waals surface area contributed by atoms with Gasteiger partial charge in [-0.25, -0.2) is 4.98 Å². The number of aromatic nitrogens is 1. The van der Waals surface area contributed by atoms with Crippen LogP contribution in [0.3, 0.4) is 0 Å². The lowest BCUT2D eigenvalue weighted by Crippen LogP contribution is -2.34. The molecule has 1 aromatic heterocycles. The molecule has 1 unspecified atom stereocenters. The van der Waals surface area contributed by atoms with Crippen molar-refractivity contribution in [1.29, 1.82) is 5.26 Å². The molecule has 2 heterocycles. The lowest BCUT2D eigenvalue weighted by molar-refractivity contribution is -0.117. The van der Waals surface area contributed by atoms with Gasteiger partial charge in [0, 0.05) is 20.4 Å². The minimum atomic E-state index is -0.468. The highest BCUT2D eigenvalue weighted by molar-refractivity contribution is 8.00. The number of amides is 1. The Labute approximate surface area is 211 Å². The predicted octanol–water partition coefficient (Wildman–Crippen LogP) is 7.58. The van der Waals surface area contributed by atoms with Crippen molar-refractivity contribution in [1.82, 2.24) is 4.98 Å². The SMILES string of the molecule is CC(Sc1nc(-c2ccc(Cl)cc2)ccc1C#N)C(=O)N1c2ccccc2Sc2ccccc21. The summed E-state index contributed by atoms with van der Waals surface area (Å²) < 4.78 is 0. The quantitative estimate of drug-likeness (QED) is 0.271. The maximum absolute atomic E-state index is 13.8. The van der Waals surface area contributed by atoms with Gasteiger partial charge in [0.1, 0.15) is 11.1 Å². The summed E-state index contributed by atoms with van der Waals surface area (Å²) >= 11 is 8.98. The molecule has 0 saturated carbocycles. The van der Waals surface area contributed by atoms with E-state index in [0.717, 1.165) is 32.4 Å². The van der Waals surface area contributed by atoms with Crippen molar-refractivity contribution in [2.24, 2.45) is 0 Å². The zero-order chi connectivity index (χ0) is 23.7. The van der Waals surface area contributed by atoms with Crippen LogP contribution in [0.15, 0.2) is 99.7 Å². The third-order valence-electron chi connectivity index (χ3n) is 5.41. The minimum absolute atomic E-state index is 0.0622. The molecule has 4 nitrogen and oxygen atoms in total. The van der Waals surface area contributed by atoms with Gasteiger partial charge in [0.15, 0.2) is 0 Å². The van der Waals surface area contributed by atoms with Gasteiger partial charge in [0.05, 0.1) is 27.9 Å². The summed E-state index contributed by atoms with van der Waals surface area (Å²) in [6.45, 7) is 1.86. The molecule has 0 bridgehead atoms. The highest BCUT2D eigenvalue weighted by atomic mass is 35.5. The van der Waals surface area contributed by atoms with Crippen molar-refractivity contribution in [2.75, 3.05) is 4.90 Å². The van der Waals surface area contributed by atoms with E-state index >= 15 is 0 Å². The van der Waals surface area contributed by atoms with Crippen LogP contribution < -0.4 is 4.90 Å². The predicted molar refractivity (Wildman–Crippen MR) is 139 cm³/mol. The summed E-state index contributed by atoms with van der Waals surface area (Å²) in [6, 6.07) is 29.0. The van der Waals surface area contributed by atoms with E-state index in [9.17, 15) is 10.1 Å². The molecule has 1 atom stereocenters. The first-order valence-electron chi connectivity index (χ1n) is 10.6. The van der Waals surface area contributed by atoms with Crippen LogP contribution in [0, 0.1) is 11.3 Å². The Morgan fingerprint density at radius 2 is 1.59 bits per heavy atom. The van der Waals surface area contributed by atoms with Crippen LogP contribution >= 0.6 is 35.1 Å². The van der Waals surface area contributed by atoms with Crippen LogP contribution in [0.5, 0.6) is 0 Å². The highest BCUT2D eigenvalue weighted by Gasteiger charge is 2.31. The van der Waals surface area contributed by atoms with E-state index in [1.54, 1.807) is 34.9 Å². The van der Waals surface area contributed by atoms with Crippen molar-refractivity contribution < 1.29 is 4.79 Å². The van der Waals surface area contributed by atoms with Crippen molar-refractivity contribution in [2.45, 2.75) is 27.0 Å². The van der Waals surface area contributed by atoms with Crippen molar-refractivity contribution in [3.05, 3.63) is 95.5 Å². The smallest absolute Gasteiger partial charge is 0.244 e. The van der Waals surface area contributed by atoms with Crippen molar-refractivity contribution in [3.8, 4) is 17.3 Å². The van der Waals surface area contributed by atoms with E-state index < -0.39 is 5.25 Å². The molecule has 7 heteroatoms. The molecule has 34 heavy (non-hydrogen) atoms. The first kappa shape index (κ1) is 22.5. The van der Waals surface area contributed by atoms with Crippen LogP contribution in [0.1, 0.15) is 12.5 Å². The van der Waals surface area contributed by atoms with Crippen molar-refractivity contribution >= 4 is 52.4 Å². The standard InChI is InChI=1S/C27H18ClN3OS2/c1-17(33-26-19(16-29)12-15-21(30-26)18-10-13-20(28)14-11-18)27(32)31-22-6-2-4-8-24(22)34-25-9-5-3-7-23(25)31/h2-15,17H,1H3. The maximum Gasteiger partial charge on any atom is 0.244 e. The van der Waals surface area contributed by atoms with E-state index in [0.29, 0.717) is 15.6 Å². The monoisotopic (exact) mass is 499 g/mol. The fraction of sp³-hybridized carbons (Fsp3) is 0.0741. The molecule has 4 aromatic rings. The normalized spacial score (nSPS) is 12.9. The molecule has 0 saturated heterocycles. The Morgan fingerprint density at radius 1 is 0.971 bits per heavy atom. The average Bonchev–Trinajstić information content (AvgIpc) is 2.87. The largest absolute Gasteiger partial charge is 0.278 e. The number of thioether (sulfide) groups is 1. The second kappa shape index (κ2) is 9.55. The molecule has 5 rings (SSSR count). The molecule has 1 amide bonds. The summed E-state index contributed by atoms with van der Waals surface area (Å²) in [7, 11) is 0. The highest BCUT2D eigenvalue weighted by Crippen LogP contribution is 2.48. The van der Waals surface area contributed by atoms with Gasteiger partial charge < -0.3 is 0 Å². The number of hydrogen-bond acceptors (Lipinski definition) is 5. The van der Waals surface area contributed by atoms with E-state index in [1.807, 2.05) is 73.7 Å². The van der Waals surface area contributed by atoms with Crippen LogP contribution in [0.2, 0.25) is 5.02 Å². The molecular weight excluding hydrogens is 482 g/mol. The van der Waals surface area contributed by atoms with Gasteiger partial charge >= 0.3 is 0 Å². The lowest BCUT2D eigenvalue weighted by Gasteiger charge is -2.32. The van der Waals surface area contributed by atoms with Crippen LogP contribution in [0.25, 0.3) is 11.3 Å². The summed E-state index contributed by atoms with van der Waals surface area (Å²) in [4.78, 5) is 22.4. The number of carbonyl (C=O) groups excluding carboxylic acids is 1. The number of pyridine rings is 1. The van der Waals surface area contributed by atoms with Gasteiger partial charge in [0.2, 0.25) is 5.91 Å². The second-order valence-electron chi connectivity index (χ2n) is 7.64. The zero-order valence-electron chi connectivity index (χ0n) is 18.1. The minimum Gasteiger partial charge on any atom is -0.278 e. The van der Waals surface area contributed by atoms with Gasteiger partial charge in [-0.15, -0.1) is 0 Å². The molecule has 0 fully saturated rings. The van der Waals surface area contributed by atoms with E-state index in [2.05, 4.69) is 6.07 Å². The number of fused-ring (bicyclic) bond motifs is 2. The van der Waals surface area contributed by atoms with Crippen LogP contribution in [-0.4, -0.2) is 16.1 Å². The molecule has 1 aliphatic rings. The molecule has 1 aliphatic heterocycles. The number of nitrogens with zero attached hydrogens (tertiary/aromatic N) is 3. The number of benzene rings is 3. The Bertz CT molecular complexity index is 1390. The molecule has 0 aliphatic carbocycles. The fourth-order valence-corrected chi connectivity index (χ4v) is 5.86. The molecule has 166 valence electrons. The summed E-state index contributed by atoms with van der Waals surface area (Å²) in [5, 5.41) is 10.4. The topological polar surface area (TPSA) is 57.0 Å². The lowest BCUT2D eigenvalue weighted by atomic mass is 10.1. The number of rotatable bonds is 4. The maximum atomic E-state index is 13.8. The Kier molecular flexibility index (Phi) is 6.34. The van der Waals surface area contributed by atoms with E-state index in [-0.39, 0.29) is 5.91 Å². The molecule has 0 N–H and O–H groups in total. The Hall–Kier alpha value is -3.24. The zero-order valence-corrected chi connectivity index (χ0v) is 20.5. The first-order chi connectivity index (χ1) is 16.5. The number of hydrogen-bond donors (Lipinski definition) is 0. The van der Waals surface area contributed by atoms with Crippen molar-refractivity contribution in [3.63, 3.8) is 0 Å². The number of carbonyl (C=O) groups is 1. The Balaban J connectivity index is 1.48. The van der Waals surface area contributed by atoms with Crippen LogP contribution in [0.4, 0.5) is 11.4 Å². The van der Waals surface area contributed by atoms with Gasteiger partial charge in [-0.3, -0.25) is 9.69 Å². The van der Waals surface area contributed by atoms with Gasteiger partial charge in [-0.1, -0.05) is 71.5 Å². The molecule has 0 radical (unpaired) electrons. The number of halogens is 1. The molecular formula is C27H18ClN3OS2. The van der Waals surface area contributed by atoms with E-state index in [1.165, 1.54) is 11.8 Å². The Morgan fingerprint density at radius 3 is 2.21 bits per heavy atom. The average molecular weight is 500 g/mol. The number of nitriles is 1. The summed E-state index contributed by atoms with van der Waals surface area (Å²) in [6.07, 6.45) is 0. The van der Waals surface area contributed by atoms with Crippen LogP contribution in [-0.2, 0) is 4.79 Å². The first-order valence-corrected chi connectivity index (χ1v) is 12.7. The second-order valence-corrected chi connectivity index (χ2v) is 10.5. The van der Waals surface area contributed by atoms with Gasteiger partial charge in [0.25, 0.3) is 0 Å². The van der Waals surface area contributed by atoms with E-state index in [4.69, 9.17) is 16.6 Å². The third-order valence-corrected chi connectivity index (χ3v) is 7.88. The van der Waals surface area contributed by atoms with Gasteiger partial charge in [-0.05, 0) is 55.5 Å². The summed E-state index contributed by atoms with van der Waals surface area (Å²) in [5.74, 6) is -0.0622. The fourth-order valence-electron chi connectivity index (χ4n) is 3.74. The number of para-hydroxylation sites is 2.